The summed E-state index contributed by atoms with van der Waals surface area (Å²) in [4.78, 5) is 10.4. The van der Waals surface area contributed by atoms with Gasteiger partial charge in [0.1, 0.15) is 17.4 Å². The number of nitrogens with zero attached hydrogens (tertiary/aromatic N) is 3. The molecule has 0 saturated carbocycles. The summed E-state index contributed by atoms with van der Waals surface area (Å²) in [5.41, 5.74) is 6.90. The number of hydrogen-bond donors (Lipinski definition) is 2. The van der Waals surface area contributed by atoms with Crippen LogP contribution < -0.4 is 20.7 Å². The lowest BCUT2D eigenvalue weighted by Gasteiger charge is -2.19. The SMILES string of the molecule is CCNc1cc(N(C)Cc2cccc(OC)c2)nc(N)n1. The Morgan fingerprint density at radius 3 is 2.81 bits per heavy atom. The van der Waals surface area contributed by atoms with Gasteiger partial charge in [-0.3, -0.25) is 0 Å². The van der Waals surface area contributed by atoms with Gasteiger partial charge in [-0.05, 0) is 24.6 Å². The number of nitrogens with one attached hydrogen (secondary N) is 1. The molecule has 0 atom stereocenters. The molecule has 2 aromatic rings. The number of nitrogen functional groups attached to an aromatic ring is 1. The lowest BCUT2D eigenvalue weighted by molar-refractivity contribution is 0.414. The predicted molar refractivity (Wildman–Crippen MR) is 85.7 cm³/mol. The van der Waals surface area contributed by atoms with Crippen LogP contribution in [-0.2, 0) is 6.54 Å². The van der Waals surface area contributed by atoms with Crippen molar-refractivity contribution < 1.29 is 4.74 Å². The molecule has 21 heavy (non-hydrogen) atoms. The summed E-state index contributed by atoms with van der Waals surface area (Å²) in [6.45, 7) is 3.51. The molecule has 0 bridgehead atoms. The topological polar surface area (TPSA) is 76.3 Å². The molecule has 0 radical (unpaired) electrons. The van der Waals surface area contributed by atoms with Gasteiger partial charge in [-0.25, -0.2) is 0 Å². The van der Waals surface area contributed by atoms with Crippen molar-refractivity contribution >= 4 is 17.6 Å². The normalized spacial score (nSPS) is 10.2. The second-order valence-electron chi connectivity index (χ2n) is 4.71. The number of hydrogen-bond acceptors (Lipinski definition) is 6. The summed E-state index contributed by atoms with van der Waals surface area (Å²) >= 11 is 0. The van der Waals surface area contributed by atoms with Gasteiger partial charge in [0.05, 0.1) is 7.11 Å². The van der Waals surface area contributed by atoms with Crippen molar-refractivity contribution in [2.24, 2.45) is 0 Å². The van der Waals surface area contributed by atoms with Crippen molar-refractivity contribution in [3.8, 4) is 5.75 Å². The molecule has 112 valence electrons. The summed E-state index contributed by atoms with van der Waals surface area (Å²) in [5.74, 6) is 2.62. The van der Waals surface area contributed by atoms with Crippen LogP contribution in [0.2, 0.25) is 0 Å². The van der Waals surface area contributed by atoms with Gasteiger partial charge >= 0.3 is 0 Å². The summed E-state index contributed by atoms with van der Waals surface area (Å²) < 4.78 is 5.24. The number of benzene rings is 1. The second kappa shape index (κ2) is 6.78. The van der Waals surface area contributed by atoms with Gasteiger partial charge < -0.3 is 20.7 Å². The third kappa shape index (κ3) is 3.98. The Bertz CT molecular complexity index is 602. The molecular formula is C15H21N5O. The number of nitrogens with two attached hydrogens (primary N) is 1. The Balaban J connectivity index is 2.17. The molecule has 0 spiro atoms. The Morgan fingerprint density at radius 2 is 2.10 bits per heavy atom. The van der Waals surface area contributed by atoms with Crippen LogP contribution in [0.4, 0.5) is 17.6 Å². The highest BCUT2D eigenvalue weighted by atomic mass is 16.5. The van der Waals surface area contributed by atoms with Crippen LogP contribution >= 0.6 is 0 Å². The minimum Gasteiger partial charge on any atom is -0.497 e. The molecule has 0 fully saturated rings. The summed E-state index contributed by atoms with van der Waals surface area (Å²) in [6, 6.07) is 9.84. The van der Waals surface area contributed by atoms with E-state index in [-0.39, 0.29) is 5.95 Å². The van der Waals surface area contributed by atoms with Crippen LogP contribution in [0.1, 0.15) is 12.5 Å². The van der Waals surface area contributed by atoms with Crippen LogP contribution in [0.25, 0.3) is 0 Å². The fraction of sp³-hybridized carbons (Fsp3) is 0.333. The lowest BCUT2D eigenvalue weighted by atomic mass is 10.2. The number of aromatic nitrogens is 2. The van der Waals surface area contributed by atoms with Crippen molar-refractivity contribution in [3.63, 3.8) is 0 Å². The zero-order chi connectivity index (χ0) is 15.2. The lowest BCUT2D eigenvalue weighted by Crippen LogP contribution is -2.19. The molecule has 2 rings (SSSR count). The number of rotatable bonds is 6. The van der Waals surface area contributed by atoms with Crippen molar-refractivity contribution in [1.29, 1.82) is 0 Å². The zero-order valence-corrected chi connectivity index (χ0v) is 12.6. The third-order valence-corrected chi connectivity index (χ3v) is 3.03. The maximum absolute atomic E-state index is 5.76. The highest BCUT2D eigenvalue weighted by molar-refractivity contribution is 5.52. The maximum atomic E-state index is 5.76. The smallest absolute Gasteiger partial charge is 0.223 e. The molecule has 0 aliphatic rings. The van der Waals surface area contributed by atoms with E-state index in [0.717, 1.165) is 29.5 Å². The van der Waals surface area contributed by atoms with Crippen molar-refractivity contribution in [1.82, 2.24) is 9.97 Å². The Morgan fingerprint density at radius 1 is 1.29 bits per heavy atom. The van der Waals surface area contributed by atoms with E-state index in [4.69, 9.17) is 10.5 Å². The molecule has 1 heterocycles. The minimum absolute atomic E-state index is 0.265. The molecule has 0 aliphatic heterocycles. The highest BCUT2D eigenvalue weighted by Crippen LogP contribution is 2.19. The standard InChI is InChI=1S/C15H21N5O/c1-4-17-13-9-14(19-15(16)18-13)20(2)10-11-6-5-7-12(8-11)21-3/h5-9H,4,10H2,1-3H3,(H3,16,17,18,19). The molecule has 6 heteroatoms. The van der Waals surface area contributed by atoms with Crippen LogP contribution in [0.5, 0.6) is 5.75 Å². The molecule has 0 saturated heterocycles. The maximum Gasteiger partial charge on any atom is 0.223 e. The average Bonchev–Trinajstić information content (AvgIpc) is 2.47. The monoisotopic (exact) mass is 287 g/mol. The molecule has 0 aliphatic carbocycles. The van der Waals surface area contributed by atoms with E-state index in [1.54, 1.807) is 7.11 Å². The number of methoxy groups -OCH3 is 1. The van der Waals surface area contributed by atoms with E-state index in [1.165, 1.54) is 0 Å². The van der Waals surface area contributed by atoms with E-state index in [1.807, 2.05) is 43.1 Å². The quantitative estimate of drug-likeness (QED) is 0.847. The summed E-state index contributed by atoms with van der Waals surface area (Å²) in [6.07, 6.45) is 0. The van der Waals surface area contributed by atoms with Gasteiger partial charge in [-0.2, -0.15) is 9.97 Å². The largest absolute Gasteiger partial charge is 0.497 e. The molecular weight excluding hydrogens is 266 g/mol. The van der Waals surface area contributed by atoms with E-state index in [2.05, 4.69) is 21.4 Å². The van der Waals surface area contributed by atoms with E-state index in [9.17, 15) is 0 Å². The number of ether oxygens (including phenoxy) is 1. The van der Waals surface area contributed by atoms with Crippen LogP contribution in [0.3, 0.4) is 0 Å². The number of anilines is 3. The van der Waals surface area contributed by atoms with Gasteiger partial charge in [0, 0.05) is 26.2 Å². The summed E-state index contributed by atoms with van der Waals surface area (Å²) in [5, 5.41) is 3.15. The first kappa shape index (κ1) is 14.9. The van der Waals surface area contributed by atoms with E-state index >= 15 is 0 Å². The van der Waals surface area contributed by atoms with Gasteiger partial charge in [0.25, 0.3) is 0 Å². The van der Waals surface area contributed by atoms with Crippen LogP contribution in [0.15, 0.2) is 30.3 Å². The fourth-order valence-electron chi connectivity index (χ4n) is 2.05. The minimum atomic E-state index is 0.265. The molecule has 0 amide bonds. The first-order chi connectivity index (χ1) is 10.1. The van der Waals surface area contributed by atoms with Gasteiger partial charge in [0.2, 0.25) is 5.95 Å². The third-order valence-electron chi connectivity index (χ3n) is 3.03. The van der Waals surface area contributed by atoms with Crippen molar-refractivity contribution in [2.75, 3.05) is 36.7 Å². The zero-order valence-electron chi connectivity index (χ0n) is 12.6. The first-order valence-corrected chi connectivity index (χ1v) is 6.85. The Labute approximate surface area is 125 Å². The molecule has 3 N–H and O–H groups in total. The van der Waals surface area contributed by atoms with Crippen molar-refractivity contribution in [2.45, 2.75) is 13.5 Å². The highest BCUT2D eigenvalue weighted by Gasteiger charge is 2.08. The van der Waals surface area contributed by atoms with Crippen molar-refractivity contribution in [3.05, 3.63) is 35.9 Å². The predicted octanol–water partition coefficient (Wildman–Crippen LogP) is 2.14. The van der Waals surface area contributed by atoms with E-state index in [0.29, 0.717) is 6.54 Å². The first-order valence-electron chi connectivity index (χ1n) is 6.85. The average molecular weight is 287 g/mol. The van der Waals surface area contributed by atoms with Gasteiger partial charge in [-0.15, -0.1) is 0 Å². The Hall–Kier alpha value is -2.50. The molecule has 6 nitrogen and oxygen atoms in total. The summed E-state index contributed by atoms with van der Waals surface area (Å²) in [7, 11) is 3.63. The fourth-order valence-corrected chi connectivity index (χ4v) is 2.05. The molecule has 1 aromatic carbocycles. The second-order valence-corrected chi connectivity index (χ2v) is 4.71. The van der Waals surface area contributed by atoms with Crippen LogP contribution in [0, 0.1) is 0 Å². The van der Waals surface area contributed by atoms with E-state index < -0.39 is 0 Å². The molecule has 0 unspecified atom stereocenters. The molecule has 1 aromatic heterocycles. The van der Waals surface area contributed by atoms with Gasteiger partial charge in [-0.1, -0.05) is 12.1 Å². The van der Waals surface area contributed by atoms with Gasteiger partial charge in [0.15, 0.2) is 0 Å². The van der Waals surface area contributed by atoms with Crippen LogP contribution in [-0.4, -0.2) is 30.7 Å². The Kier molecular flexibility index (Phi) is 4.81.